The summed E-state index contributed by atoms with van der Waals surface area (Å²) in [7, 11) is 0. The minimum atomic E-state index is -2.36. The van der Waals surface area contributed by atoms with E-state index in [0.717, 1.165) is 11.1 Å². The summed E-state index contributed by atoms with van der Waals surface area (Å²) >= 11 is 12.3. The van der Waals surface area contributed by atoms with Gasteiger partial charge in [0.15, 0.2) is 34.7 Å². The number of anilines is 1. The minimum absolute atomic E-state index is 0.00870. The van der Waals surface area contributed by atoms with E-state index in [-0.39, 0.29) is 35.1 Å². The first-order valence-electron chi connectivity index (χ1n) is 12.8. The lowest BCUT2D eigenvalue weighted by Gasteiger charge is -2.41. The number of carbonyl (C=O) groups is 1. The molecule has 1 saturated heterocycles. The molecule has 1 aliphatic heterocycles. The van der Waals surface area contributed by atoms with Crippen molar-refractivity contribution in [2.75, 3.05) is 5.32 Å². The van der Waals surface area contributed by atoms with E-state index in [9.17, 15) is 31.9 Å². The van der Waals surface area contributed by atoms with Crippen LogP contribution in [-0.4, -0.2) is 26.7 Å². The number of aliphatic hydroxyl groups excluding tert-OH is 1. The third-order valence-electron chi connectivity index (χ3n) is 7.11. The maximum atomic E-state index is 14.1. The van der Waals surface area contributed by atoms with Gasteiger partial charge in [-0.3, -0.25) is 4.79 Å². The van der Waals surface area contributed by atoms with Crippen molar-refractivity contribution < 1.29 is 41.3 Å². The molecule has 0 saturated carbocycles. The van der Waals surface area contributed by atoms with Crippen LogP contribution >= 0.6 is 23.2 Å². The summed E-state index contributed by atoms with van der Waals surface area (Å²) in [5.74, 6) is -13.0. The lowest BCUT2D eigenvalue weighted by molar-refractivity contribution is -0.276. The number of halogens is 7. The molecule has 226 valence electrons. The molecule has 7 nitrogen and oxygen atoms in total. The number of aliphatic hydroxyl groups is 1. The Bertz CT molecular complexity index is 1620. The number of nitrogens with one attached hydrogen (secondary N) is 1. The predicted octanol–water partition coefficient (Wildman–Crippen LogP) is 7.12. The Morgan fingerprint density at radius 3 is 2.05 bits per heavy atom. The second-order valence-corrected chi connectivity index (χ2v) is 10.5. The first-order valence-corrected chi connectivity index (χ1v) is 13.5. The van der Waals surface area contributed by atoms with Crippen LogP contribution in [0.3, 0.4) is 0 Å². The Kier molecular flexibility index (Phi) is 9.04. The topological polar surface area (TPSA) is 85.6 Å². The fraction of sp³-hybridized carbons (Fsp3) is 0.241. The highest BCUT2D eigenvalue weighted by Crippen LogP contribution is 2.42. The molecule has 1 aromatic heterocycles. The van der Waals surface area contributed by atoms with Crippen molar-refractivity contribution in [3.05, 3.63) is 117 Å². The smallest absolute Gasteiger partial charge is 0.261 e. The number of aromatic nitrogens is 2. The van der Waals surface area contributed by atoms with Crippen LogP contribution in [0.5, 0.6) is 0 Å². The van der Waals surface area contributed by atoms with Crippen molar-refractivity contribution in [2.24, 2.45) is 5.92 Å². The molecule has 5 rings (SSSR count). The number of benzene rings is 3. The van der Waals surface area contributed by atoms with Crippen molar-refractivity contribution >= 4 is 34.8 Å². The summed E-state index contributed by atoms with van der Waals surface area (Å²) < 4.78 is 82.9. The van der Waals surface area contributed by atoms with Crippen molar-refractivity contribution in [2.45, 2.75) is 38.6 Å². The van der Waals surface area contributed by atoms with E-state index in [1.54, 1.807) is 16.7 Å². The van der Waals surface area contributed by atoms with Crippen molar-refractivity contribution in [3.63, 3.8) is 0 Å². The number of amides is 1. The molecule has 1 fully saturated rings. The largest absolute Gasteiger partial charge is 0.392 e. The van der Waals surface area contributed by atoms with Gasteiger partial charge in [0.25, 0.3) is 5.91 Å². The van der Waals surface area contributed by atoms with Crippen LogP contribution in [-0.2, 0) is 22.6 Å². The Balaban J connectivity index is 1.40. The number of carbonyl (C=O) groups excluding carboxylic acids is 1. The highest BCUT2D eigenvalue weighted by Gasteiger charge is 2.39. The molecule has 1 aliphatic rings. The Morgan fingerprint density at radius 2 is 1.49 bits per heavy atom. The molecular weight excluding hydrogens is 620 g/mol. The van der Waals surface area contributed by atoms with E-state index in [2.05, 4.69) is 10.3 Å². The third kappa shape index (κ3) is 6.11. The number of hydrogen-bond acceptors (Lipinski definition) is 5. The summed E-state index contributed by atoms with van der Waals surface area (Å²) in [5.41, 5.74) is 0.446. The normalized spacial score (nSPS) is 20.3. The highest BCUT2D eigenvalue weighted by molar-refractivity contribution is 6.40. The van der Waals surface area contributed by atoms with Crippen LogP contribution in [0.2, 0.25) is 10.3 Å². The van der Waals surface area contributed by atoms with Crippen LogP contribution in [0.15, 0.2) is 54.9 Å². The molecular formula is C29H22Cl2F5N3O4. The zero-order valence-electron chi connectivity index (χ0n) is 22.1. The van der Waals surface area contributed by atoms with Gasteiger partial charge in [-0.25, -0.2) is 26.9 Å². The van der Waals surface area contributed by atoms with Crippen LogP contribution in [0, 0.1) is 35.0 Å². The van der Waals surface area contributed by atoms with E-state index < -0.39 is 59.1 Å². The lowest BCUT2D eigenvalue weighted by Crippen LogP contribution is -2.39. The quantitative estimate of drug-likeness (QED) is 0.127. The van der Waals surface area contributed by atoms with Crippen LogP contribution in [0.25, 0.3) is 0 Å². The molecule has 14 heteroatoms. The first kappa shape index (κ1) is 30.9. The number of hydrogen-bond donors (Lipinski definition) is 2. The van der Waals surface area contributed by atoms with E-state index in [1.165, 1.54) is 30.6 Å². The van der Waals surface area contributed by atoms with Crippen molar-refractivity contribution in [1.82, 2.24) is 9.55 Å². The Hall–Kier alpha value is -3.55. The summed E-state index contributed by atoms with van der Waals surface area (Å²) in [4.78, 5) is 16.5. The van der Waals surface area contributed by atoms with Gasteiger partial charge < -0.3 is 24.5 Å². The Morgan fingerprint density at radius 1 is 0.907 bits per heavy atom. The maximum Gasteiger partial charge on any atom is 0.261 e. The monoisotopic (exact) mass is 641 g/mol. The first-order chi connectivity index (χ1) is 20.5. The molecule has 0 aliphatic carbocycles. The molecule has 2 N–H and O–H groups in total. The van der Waals surface area contributed by atoms with Gasteiger partial charge in [-0.05, 0) is 23.3 Å². The van der Waals surface area contributed by atoms with Crippen LogP contribution in [0.1, 0.15) is 46.4 Å². The number of ether oxygens (including phenoxy) is 2. The summed E-state index contributed by atoms with van der Waals surface area (Å²) in [6, 6.07) is 13.0. The number of imidazole rings is 1. The fourth-order valence-corrected chi connectivity index (χ4v) is 5.03. The van der Waals surface area contributed by atoms with Gasteiger partial charge in [0.1, 0.15) is 10.7 Å². The van der Waals surface area contributed by atoms with Crippen LogP contribution in [0.4, 0.5) is 27.6 Å². The maximum absolute atomic E-state index is 14.1. The summed E-state index contributed by atoms with van der Waals surface area (Å²) in [6.45, 7) is 2.10. The van der Waals surface area contributed by atoms with Gasteiger partial charge in [-0.2, -0.15) is 0 Å². The second kappa shape index (κ2) is 12.6. The average molecular weight is 642 g/mol. The van der Waals surface area contributed by atoms with Gasteiger partial charge in [0, 0.05) is 17.2 Å². The van der Waals surface area contributed by atoms with Gasteiger partial charge in [-0.1, -0.05) is 66.5 Å². The fourth-order valence-electron chi connectivity index (χ4n) is 4.71. The highest BCUT2D eigenvalue weighted by atomic mass is 35.5. The second-order valence-electron chi connectivity index (χ2n) is 9.82. The zero-order chi connectivity index (χ0) is 31.0. The van der Waals surface area contributed by atoms with Crippen molar-refractivity contribution in [3.8, 4) is 0 Å². The van der Waals surface area contributed by atoms with Crippen LogP contribution < -0.4 is 5.32 Å². The third-order valence-corrected chi connectivity index (χ3v) is 7.88. The van der Waals surface area contributed by atoms with Gasteiger partial charge in [-0.15, -0.1) is 0 Å². The minimum Gasteiger partial charge on any atom is -0.392 e. The summed E-state index contributed by atoms with van der Waals surface area (Å²) in [5, 5.41) is 11.9. The molecule has 1 amide bonds. The molecule has 0 spiro atoms. The molecule has 4 aromatic rings. The van der Waals surface area contributed by atoms with E-state index in [4.69, 9.17) is 32.7 Å². The Labute approximate surface area is 251 Å². The molecule has 0 unspecified atom stereocenters. The number of rotatable bonds is 7. The molecule has 4 atom stereocenters. The molecule has 3 aromatic carbocycles. The molecule has 43 heavy (non-hydrogen) atoms. The average Bonchev–Trinajstić information content (AvgIpc) is 3.32. The number of nitrogens with zero attached hydrogens (tertiary/aromatic N) is 2. The van der Waals surface area contributed by atoms with Gasteiger partial charge >= 0.3 is 0 Å². The SMILES string of the molecule is C[C@@H]1[C@H](Cn2cnc(Cl)c2Cl)O[C@H](c2ccc(NC(=O)c3c(F)c(F)c(F)c(F)c3F)cc2)O[C@@H]1c1ccc(CO)cc1. The van der Waals surface area contributed by atoms with E-state index in [0.29, 0.717) is 5.56 Å². The van der Waals surface area contributed by atoms with E-state index in [1.807, 2.05) is 19.1 Å². The van der Waals surface area contributed by atoms with Gasteiger partial charge in [0.2, 0.25) is 5.82 Å². The standard InChI is InChI=1S/C29H22Cl2F5N3O4/c1-13-18(10-39-12-37-26(30)27(39)31)42-29(43-25(13)15-4-2-14(11-40)3-5-15)16-6-8-17(9-7-16)38-28(41)19-20(32)22(34)24(36)23(35)21(19)33/h2-9,12-13,18,25,29,40H,10-11H2,1H3,(H,38,41)/t13-,18+,25+,29+/m1/s1. The zero-order valence-corrected chi connectivity index (χ0v) is 23.6. The predicted molar refractivity (Wildman–Crippen MR) is 146 cm³/mol. The van der Waals surface area contributed by atoms with Crippen molar-refractivity contribution in [1.29, 1.82) is 0 Å². The molecule has 2 heterocycles. The van der Waals surface area contributed by atoms with Gasteiger partial charge in [0.05, 0.1) is 31.7 Å². The summed E-state index contributed by atoms with van der Waals surface area (Å²) in [6.07, 6.45) is -0.375. The molecule has 0 radical (unpaired) electrons. The lowest BCUT2D eigenvalue weighted by atomic mass is 9.90. The molecule has 0 bridgehead atoms. The van der Waals surface area contributed by atoms with E-state index >= 15 is 0 Å².